The number of benzene rings is 2. The molecule has 0 unspecified atom stereocenters. The molecule has 0 saturated carbocycles. The molecule has 0 amide bonds. The summed E-state index contributed by atoms with van der Waals surface area (Å²) in [5, 5.41) is 25.9. The van der Waals surface area contributed by atoms with Gasteiger partial charge in [0.1, 0.15) is 22.2 Å². The van der Waals surface area contributed by atoms with Crippen molar-refractivity contribution in [2.24, 2.45) is 5.10 Å². The van der Waals surface area contributed by atoms with Crippen LogP contribution in [0.15, 0.2) is 63.8 Å². The molecular formula is C20H15N3O3S. The molecule has 4 aromatic rings. The number of aryl methyl sites for hydroxylation is 1. The summed E-state index contributed by atoms with van der Waals surface area (Å²) in [4.78, 5) is 18.2. The SMILES string of the molecule is Cc1nc2scc(-c3ccccc3)c2c(=O)n1/N=C/c1ccc(O)cc1O. The quantitative estimate of drug-likeness (QED) is 0.533. The van der Waals surface area contributed by atoms with Crippen molar-refractivity contribution in [2.45, 2.75) is 6.92 Å². The second-order valence-electron chi connectivity index (χ2n) is 5.96. The van der Waals surface area contributed by atoms with Gasteiger partial charge in [-0.15, -0.1) is 11.3 Å². The minimum Gasteiger partial charge on any atom is -0.508 e. The lowest BCUT2D eigenvalue weighted by Gasteiger charge is -2.05. The van der Waals surface area contributed by atoms with Gasteiger partial charge >= 0.3 is 0 Å². The van der Waals surface area contributed by atoms with Crippen molar-refractivity contribution in [2.75, 3.05) is 0 Å². The molecule has 0 aliphatic carbocycles. The fourth-order valence-corrected chi connectivity index (χ4v) is 3.79. The van der Waals surface area contributed by atoms with Gasteiger partial charge in [0.15, 0.2) is 0 Å². The predicted molar refractivity (Wildman–Crippen MR) is 107 cm³/mol. The number of phenols is 2. The molecule has 0 saturated heterocycles. The smallest absolute Gasteiger partial charge is 0.283 e. The van der Waals surface area contributed by atoms with Gasteiger partial charge in [0.25, 0.3) is 5.56 Å². The lowest BCUT2D eigenvalue weighted by Crippen LogP contribution is -2.20. The van der Waals surface area contributed by atoms with E-state index in [2.05, 4.69) is 10.1 Å². The third-order valence-corrected chi connectivity index (χ3v) is 5.03. The Morgan fingerprint density at radius 1 is 1.15 bits per heavy atom. The van der Waals surface area contributed by atoms with Crippen LogP contribution in [0.3, 0.4) is 0 Å². The summed E-state index contributed by atoms with van der Waals surface area (Å²) < 4.78 is 1.22. The van der Waals surface area contributed by atoms with Gasteiger partial charge in [-0.2, -0.15) is 9.78 Å². The van der Waals surface area contributed by atoms with E-state index in [0.29, 0.717) is 21.6 Å². The van der Waals surface area contributed by atoms with E-state index in [9.17, 15) is 15.0 Å². The molecule has 0 aliphatic rings. The predicted octanol–water partition coefficient (Wildman–Crippen LogP) is 3.73. The van der Waals surface area contributed by atoms with E-state index in [1.807, 2.05) is 35.7 Å². The van der Waals surface area contributed by atoms with Crippen LogP contribution in [0.2, 0.25) is 0 Å². The average Bonchev–Trinajstić information content (AvgIpc) is 3.07. The van der Waals surface area contributed by atoms with E-state index in [1.165, 1.54) is 40.4 Å². The Labute approximate surface area is 158 Å². The highest BCUT2D eigenvalue weighted by molar-refractivity contribution is 7.17. The number of hydrogen-bond acceptors (Lipinski definition) is 6. The Kier molecular flexibility index (Phi) is 4.21. The molecule has 27 heavy (non-hydrogen) atoms. The van der Waals surface area contributed by atoms with Crippen molar-refractivity contribution in [3.8, 4) is 22.6 Å². The largest absolute Gasteiger partial charge is 0.508 e. The van der Waals surface area contributed by atoms with Crippen LogP contribution in [0.4, 0.5) is 0 Å². The molecule has 7 heteroatoms. The first kappa shape index (κ1) is 17.0. The van der Waals surface area contributed by atoms with Crippen molar-refractivity contribution in [1.29, 1.82) is 0 Å². The van der Waals surface area contributed by atoms with Crippen molar-refractivity contribution < 1.29 is 10.2 Å². The second-order valence-corrected chi connectivity index (χ2v) is 6.82. The number of aromatic hydroxyl groups is 2. The number of rotatable bonds is 3. The molecule has 4 rings (SSSR count). The van der Waals surface area contributed by atoms with Gasteiger partial charge in [-0.25, -0.2) is 4.98 Å². The topological polar surface area (TPSA) is 87.7 Å². The minimum atomic E-state index is -0.271. The first-order chi connectivity index (χ1) is 13.0. The molecule has 0 radical (unpaired) electrons. The highest BCUT2D eigenvalue weighted by atomic mass is 32.1. The average molecular weight is 377 g/mol. The van der Waals surface area contributed by atoms with Crippen LogP contribution >= 0.6 is 11.3 Å². The zero-order valence-electron chi connectivity index (χ0n) is 14.3. The molecule has 2 aromatic heterocycles. The summed E-state index contributed by atoms with van der Waals surface area (Å²) >= 11 is 1.42. The fourth-order valence-electron chi connectivity index (χ4n) is 2.81. The normalized spacial score (nSPS) is 11.4. The number of aromatic nitrogens is 2. The maximum Gasteiger partial charge on any atom is 0.283 e. The van der Waals surface area contributed by atoms with Crippen LogP contribution in [0, 0.1) is 6.92 Å². The highest BCUT2D eigenvalue weighted by Crippen LogP contribution is 2.30. The molecule has 0 spiro atoms. The zero-order valence-corrected chi connectivity index (χ0v) is 15.1. The van der Waals surface area contributed by atoms with Crippen LogP contribution in [0.25, 0.3) is 21.3 Å². The van der Waals surface area contributed by atoms with Crippen LogP contribution in [-0.4, -0.2) is 26.1 Å². The third kappa shape index (κ3) is 3.09. The van der Waals surface area contributed by atoms with Crippen LogP contribution in [-0.2, 0) is 0 Å². The Morgan fingerprint density at radius 2 is 1.93 bits per heavy atom. The van der Waals surface area contributed by atoms with Crippen molar-refractivity contribution >= 4 is 27.8 Å². The summed E-state index contributed by atoms with van der Waals surface area (Å²) in [6, 6.07) is 13.8. The molecule has 2 heterocycles. The van der Waals surface area contributed by atoms with Gasteiger partial charge in [0.2, 0.25) is 0 Å². The van der Waals surface area contributed by atoms with Gasteiger partial charge in [0, 0.05) is 22.6 Å². The van der Waals surface area contributed by atoms with Gasteiger partial charge < -0.3 is 10.2 Å². The Morgan fingerprint density at radius 3 is 2.67 bits per heavy atom. The molecule has 0 fully saturated rings. The van der Waals surface area contributed by atoms with Crippen molar-refractivity contribution in [3.63, 3.8) is 0 Å². The standard InChI is InChI=1S/C20H15N3O3S/c1-12-22-19-18(16(11-27-19)13-5-3-2-4-6-13)20(26)23(12)21-10-14-7-8-15(24)9-17(14)25/h2-11,24-25H,1H3/b21-10+. The molecule has 0 atom stereocenters. The molecule has 6 nitrogen and oxygen atoms in total. The molecular weight excluding hydrogens is 362 g/mol. The number of phenolic OH excluding ortho intramolecular Hbond substituents is 2. The van der Waals surface area contributed by atoms with Crippen molar-refractivity contribution in [3.05, 3.63) is 75.7 Å². The summed E-state index contributed by atoms with van der Waals surface area (Å²) in [5.41, 5.74) is 1.88. The Balaban J connectivity index is 1.86. The molecule has 0 aliphatic heterocycles. The minimum absolute atomic E-state index is 0.0492. The van der Waals surface area contributed by atoms with Gasteiger partial charge in [0.05, 0.1) is 11.6 Å². The van der Waals surface area contributed by atoms with E-state index in [-0.39, 0.29) is 17.1 Å². The summed E-state index contributed by atoms with van der Waals surface area (Å²) in [6.07, 6.45) is 1.37. The summed E-state index contributed by atoms with van der Waals surface area (Å²) in [7, 11) is 0. The lowest BCUT2D eigenvalue weighted by atomic mass is 10.1. The third-order valence-electron chi connectivity index (χ3n) is 4.16. The van der Waals surface area contributed by atoms with E-state index >= 15 is 0 Å². The van der Waals surface area contributed by atoms with Crippen LogP contribution in [0.1, 0.15) is 11.4 Å². The molecule has 2 N–H and O–H groups in total. The zero-order chi connectivity index (χ0) is 19.0. The highest BCUT2D eigenvalue weighted by Gasteiger charge is 2.15. The summed E-state index contributed by atoms with van der Waals surface area (Å²) in [6.45, 7) is 1.71. The maximum absolute atomic E-state index is 13.1. The van der Waals surface area contributed by atoms with Gasteiger partial charge in [-0.05, 0) is 24.6 Å². The fraction of sp³-hybridized carbons (Fsp3) is 0.0500. The molecule has 2 aromatic carbocycles. The first-order valence-corrected chi connectivity index (χ1v) is 9.05. The first-order valence-electron chi connectivity index (χ1n) is 8.17. The molecule has 0 bridgehead atoms. The van der Waals surface area contributed by atoms with Gasteiger partial charge in [-0.1, -0.05) is 30.3 Å². The molecule has 134 valence electrons. The second kappa shape index (κ2) is 6.69. The van der Waals surface area contributed by atoms with Gasteiger partial charge in [-0.3, -0.25) is 4.79 Å². The Bertz CT molecular complexity index is 1230. The van der Waals surface area contributed by atoms with E-state index in [1.54, 1.807) is 6.92 Å². The van der Waals surface area contributed by atoms with Crippen molar-refractivity contribution in [1.82, 2.24) is 9.66 Å². The monoisotopic (exact) mass is 377 g/mol. The number of hydrogen-bond donors (Lipinski definition) is 2. The van der Waals surface area contributed by atoms with E-state index in [4.69, 9.17) is 0 Å². The van der Waals surface area contributed by atoms with Crippen LogP contribution in [0.5, 0.6) is 11.5 Å². The van der Waals surface area contributed by atoms with E-state index in [0.717, 1.165) is 11.1 Å². The number of thiophene rings is 1. The van der Waals surface area contributed by atoms with Crippen LogP contribution < -0.4 is 5.56 Å². The summed E-state index contributed by atoms with van der Waals surface area (Å²) in [5.74, 6) is 0.273. The number of nitrogens with zero attached hydrogens (tertiary/aromatic N) is 3. The number of fused-ring (bicyclic) bond motifs is 1. The maximum atomic E-state index is 13.1. The lowest BCUT2D eigenvalue weighted by molar-refractivity contribution is 0.450. The van der Waals surface area contributed by atoms with E-state index < -0.39 is 0 Å². The Hall–Kier alpha value is -3.45.